The normalized spacial score (nSPS) is 15.6. The molecule has 0 aliphatic carbocycles. The summed E-state index contributed by atoms with van der Waals surface area (Å²) in [7, 11) is 0. The van der Waals surface area contributed by atoms with Gasteiger partial charge >= 0.3 is 0 Å². The van der Waals surface area contributed by atoms with E-state index < -0.39 is 0 Å². The van der Waals surface area contributed by atoms with Crippen molar-refractivity contribution in [3.05, 3.63) is 35.9 Å². The SMILES string of the molecule is CC(=O)N1CCN(C(=O)CCNC(=O)CC(c2ccccc2)C(C)C)CC1. The second kappa shape index (κ2) is 10.1. The fourth-order valence-corrected chi connectivity index (χ4v) is 3.45. The molecular formula is C21H31N3O3. The lowest BCUT2D eigenvalue weighted by Gasteiger charge is -2.34. The lowest BCUT2D eigenvalue weighted by atomic mass is 9.85. The zero-order valence-electron chi connectivity index (χ0n) is 16.6. The topological polar surface area (TPSA) is 69.7 Å². The molecular weight excluding hydrogens is 342 g/mol. The summed E-state index contributed by atoms with van der Waals surface area (Å²) in [5, 5.41) is 2.88. The van der Waals surface area contributed by atoms with Gasteiger partial charge < -0.3 is 15.1 Å². The van der Waals surface area contributed by atoms with Crippen LogP contribution in [0, 0.1) is 5.92 Å². The molecule has 0 radical (unpaired) electrons. The van der Waals surface area contributed by atoms with Gasteiger partial charge in [0, 0.05) is 52.5 Å². The molecule has 1 fully saturated rings. The molecule has 1 unspecified atom stereocenters. The van der Waals surface area contributed by atoms with Crippen molar-refractivity contribution in [1.29, 1.82) is 0 Å². The summed E-state index contributed by atoms with van der Waals surface area (Å²) in [6.45, 7) is 8.44. The van der Waals surface area contributed by atoms with E-state index >= 15 is 0 Å². The van der Waals surface area contributed by atoms with Crippen LogP contribution in [-0.4, -0.2) is 60.2 Å². The van der Waals surface area contributed by atoms with E-state index in [1.165, 1.54) is 5.56 Å². The van der Waals surface area contributed by atoms with E-state index in [1.54, 1.807) is 16.7 Å². The van der Waals surface area contributed by atoms with Crippen LogP contribution in [0.5, 0.6) is 0 Å². The van der Waals surface area contributed by atoms with E-state index in [1.807, 2.05) is 18.2 Å². The number of carbonyl (C=O) groups is 3. The van der Waals surface area contributed by atoms with E-state index in [-0.39, 0.29) is 23.6 Å². The Morgan fingerprint density at radius 1 is 1.00 bits per heavy atom. The lowest BCUT2D eigenvalue weighted by molar-refractivity contribution is -0.138. The molecule has 1 N–H and O–H groups in total. The minimum Gasteiger partial charge on any atom is -0.356 e. The van der Waals surface area contributed by atoms with Gasteiger partial charge in [-0.2, -0.15) is 0 Å². The highest BCUT2D eigenvalue weighted by Gasteiger charge is 2.23. The second-order valence-electron chi connectivity index (χ2n) is 7.45. The van der Waals surface area contributed by atoms with Crippen LogP contribution < -0.4 is 5.32 Å². The third-order valence-electron chi connectivity index (χ3n) is 5.18. The number of nitrogens with zero attached hydrogens (tertiary/aromatic N) is 2. The number of piperazine rings is 1. The third kappa shape index (κ3) is 6.38. The first-order chi connectivity index (χ1) is 12.9. The van der Waals surface area contributed by atoms with Crippen LogP contribution >= 0.6 is 0 Å². The summed E-state index contributed by atoms with van der Waals surface area (Å²) < 4.78 is 0. The Morgan fingerprint density at radius 2 is 1.59 bits per heavy atom. The highest BCUT2D eigenvalue weighted by Crippen LogP contribution is 2.27. The van der Waals surface area contributed by atoms with Gasteiger partial charge in [-0.1, -0.05) is 44.2 Å². The van der Waals surface area contributed by atoms with Crippen molar-refractivity contribution in [1.82, 2.24) is 15.1 Å². The second-order valence-corrected chi connectivity index (χ2v) is 7.45. The Balaban J connectivity index is 1.74. The molecule has 0 spiro atoms. The zero-order valence-corrected chi connectivity index (χ0v) is 16.6. The molecule has 6 nitrogen and oxygen atoms in total. The smallest absolute Gasteiger partial charge is 0.224 e. The van der Waals surface area contributed by atoms with Crippen LogP contribution in [0.25, 0.3) is 0 Å². The maximum Gasteiger partial charge on any atom is 0.224 e. The van der Waals surface area contributed by atoms with Crippen molar-refractivity contribution < 1.29 is 14.4 Å². The quantitative estimate of drug-likeness (QED) is 0.795. The maximum atomic E-state index is 12.3. The Kier molecular flexibility index (Phi) is 7.82. The molecule has 27 heavy (non-hydrogen) atoms. The van der Waals surface area contributed by atoms with Crippen molar-refractivity contribution in [2.45, 2.75) is 39.5 Å². The summed E-state index contributed by atoms with van der Waals surface area (Å²) in [5.41, 5.74) is 1.17. The summed E-state index contributed by atoms with van der Waals surface area (Å²) in [6.07, 6.45) is 0.719. The number of benzene rings is 1. The predicted octanol–water partition coefficient (Wildman–Crippen LogP) is 2.01. The zero-order chi connectivity index (χ0) is 19.8. The minimum atomic E-state index is -0.0215. The van der Waals surface area contributed by atoms with Crippen molar-refractivity contribution in [3.63, 3.8) is 0 Å². The van der Waals surface area contributed by atoms with Crippen LogP contribution in [0.2, 0.25) is 0 Å². The van der Waals surface area contributed by atoms with Gasteiger partial charge in [0.15, 0.2) is 0 Å². The summed E-state index contributed by atoms with van der Waals surface area (Å²) >= 11 is 0. The first-order valence-electron chi connectivity index (χ1n) is 9.73. The first kappa shape index (κ1) is 20.9. The molecule has 148 valence electrons. The van der Waals surface area contributed by atoms with Gasteiger partial charge in [0.05, 0.1) is 0 Å². The van der Waals surface area contributed by atoms with Crippen molar-refractivity contribution in [3.8, 4) is 0 Å². The van der Waals surface area contributed by atoms with E-state index in [4.69, 9.17) is 0 Å². The molecule has 2 rings (SSSR count). The van der Waals surface area contributed by atoms with Crippen LogP contribution in [0.1, 0.15) is 45.1 Å². The average Bonchev–Trinajstić information content (AvgIpc) is 2.66. The Hall–Kier alpha value is -2.37. The monoisotopic (exact) mass is 373 g/mol. The van der Waals surface area contributed by atoms with Crippen molar-refractivity contribution >= 4 is 17.7 Å². The number of hydrogen-bond donors (Lipinski definition) is 1. The fourth-order valence-electron chi connectivity index (χ4n) is 3.45. The van der Waals surface area contributed by atoms with E-state index in [0.717, 1.165) is 0 Å². The largest absolute Gasteiger partial charge is 0.356 e. The third-order valence-corrected chi connectivity index (χ3v) is 5.18. The molecule has 1 aromatic rings. The van der Waals surface area contributed by atoms with E-state index in [9.17, 15) is 14.4 Å². The number of hydrogen-bond acceptors (Lipinski definition) is 3. The summed E-state index contributed by atoms with van der Waals surface area (Å²) in [4.78, 5) is 39.5. The van der Waals surface area contributed by atoms with Crippen LogP contribution in [-0.2, 0) is 14.4 Å². The molecule has 1 aliphatic heterocycles. The predicted molar refractivity (Wildman–Crippen MR) is 105 cm³/mol. The summed E-state index contributed by atoms with van der Waals surface area (Å²) in [5.74, 6) is 0.583. The van der Waals surface area contributed by atoms with Crippen molar-refractivity contribution in [2.24, 2.45) is 5.92 Å². The Bertz CT molecular complexity index is 637. The molecule has 1 atom stereocenters. The molecule has 1 aliphatic rings. The van der Waals surface area contributed by atoms with Crippen LogP contribution in [0.3, 0.4) is 0 Å². The van der Waals surface area contributed by atoms with Crippen molar-refractivity contribution in [2.75, 3.05) is 32.7 Å². The van der Waals surface area contributed by atoms with Gasteiger partial charge in [0.25, 0.3) is 0 Å². The van der Waals surface area contributed by atoms with Crippen LogP contribution in [0.4, 0.5) is 0 Å². The Labute approximate surface area is 161 Å². The lowest BCUT2D eigenvalue weighted by Crippen LogP contribution is -2.50. The molecule has 0 aromatic heterocycles. The number of nitrogens with one attached hydrogen (secondary N) is 1. The van der Waals surface area contributed by atoms with Gasteiger partial charge in [-0.3, -0.25) is 14.4 Å². The highest BCUT2D eigenvalue weighted by atomic mass is 16.2. The minimum absolute atomic E-state index is 0.0215. The number of amides is 3. The first-order valence-corrected chi connectivity index (χ1v) is 9.73. The van der Waals surface area contributed by atoms with Gasteiger partial charge in [-0.15, -0.1) is 0 Å². The fraction of sp³-hybridized carbons (Fsp3) is 0.571. The molecule has 3 amide bonds. The number of carbonyl (C=O) groups excluding carboxylic acids is 3. The molecule has 6 heteroatoms. The van der Waals surface area contributed by atoms with E-state index in [2.05, 4.69) is 31.3 Å². The molecule has 1 saturated heterocycles. The molecule has 0 bridgehead atoms. The van der Waals surface area contributed by atoms with Gasteiger partial charge in [-0.25, -0.2) is 0 Å². The molecule has 0 saturated carbocycles. The van der Waals surface area contributed by atoms with Gasteiger partial charge in [0.2, 0.25) is 17.7 Å². The maximum absolute atomic E-state index is 12.3. The molecule has 1 aromatic carbocycles. The Morgan fingerprint density at radius 3 is 2.15 bits per heavy atom. The average molecular weight is 373 g/mol. The van der Waals surface area contributed by atoms with Crippen LogP contribution in [0.15, 0.2) is 30.3 Å². The number of rotatable bonds is 7. The van der Waals surface area contributed by atoms with E-state index in [0.29, 0.717) is 51.5 Å². The summed E-state index contributed by atoms with van der Waals surface area (Å²) in [6, 6.07) is 10.1. The van der Waals surface area contributed by atoms with Gasteiger partial charge in [-0.05, 0) is 17.4 Å². The molecule has 1 heterocycles. The standard InChI is InChI=1S/C21H31N3O3/c1-16(2)19(18-7-5-4-6-8-18)15-20(26)22-10-9-21(27)24-13-11-23(12-14-24)17(3)25/h4-8,16,19H,9-15H2,1-3H3,(H,22,26). The van der Waals surface area contributed by atoms with Gasteiger partial charge in [0.1, 0.15) is 0 Å². The highest BCUT2D eigenvalue weighted by molar-refractivity contribution is 5.80.